The number of nitrogens with zero attached hydrogens (tertiary/aromatic N) is 3. The van der Waals surface area contributed by atoms with Gasteiger partial charge in [0.1, 0.15) is 6.61 Å². The number of hydrazine groups is 1. The number of nitrogens with two attached hydrogens (primary N) is 1. The van der Waals surface area contributed by atoms with Gasteiger partial charge in [0.25, 0.3) is 0 Å². The molecule has 0 bridgehead atoms. The van der Waals surface area contributed by atoms with Gasteiger partial charge in [-0.2, -0.15) is 9.97 Å². The van der Waals surface area contributed by atoms with E-state index in [0.717, 1.165) is 12.0 Å². The van der Waals surface area contributed by atoms with Crippen molar-refractivity contribution in [2.24, 2.45) is 5.84 Å². The second kappa shape index (κ2) is 7.61. The molecule has 1 heterocycles. The summed E-state index contributed by atoms with van der Waals surface area (Å²) >= 11 is 5.83. The van der Waals surface area contributed by atoms with Gasteiger partial charge in [-0.3, -0.25) is 5.43 Å². The van der Waals surface area contributed by atoms with Crippen LogP contribution in [0.25, 0.3) is 0 Å². The van der Waals surface area contributed by atoms with Gasteiger partial charge in [0.05, 0.1) is 6.61 Å². The molecule has 0 saturated heterocycles. The van der Waals surface area contributed by atoms with Crippen molar-refractivity contribution in [3.8, 4) is 12.0 Å². The van der Waals surface area contributed by atoms with E-state index in [1.165, 1.54) is 0 Å². The maximum Gasteiger partial charge on any atom is 0.324 e. The molecule has 2 aromatic rings. The zero-order chi connectivity index (χ0) is 15.1. The van der Waals surface area contributed by atoms with Crippen LogP contribution >= 0.6 is 11.6 Å². The summed E-state index contributed by atoms with van der Waals surface area (Å²) < 4.78 is 10.9. The number of rotatable bonds is 7. The Balaban J connectivity index is 2.05. The normalized spacial score (nSPS) is 10.2. The fraction of sp³-hybridized carbons (Fsp3) is 0.308. The summed E-state index contributed by atoms with van der Waals surface area (Å²) in [5, 5.41) is 0.670. The fourth-order valence-electron chi connectivity index (χ4n) is 1.45. The van der Waals surface area contributed by atoms with Crippen molar-refractivity contribution < 1.29 is 9.47 Å². The van der Waals surface area contributed by atoms with E-state index >= 15 is 0 Å². The summed E-state index contributed by atoms with van der Waals surface area (Å²) in [5.41, 5.74) is 3.29. The number of benzene rings is 1. The van der Waals surface area contributed by atoms with E-state index in [4.69, 9.17) is 26.9 Å². The Kier molecular flexibility index (Phi) is 5.53. The van der Waals surface area contributed by atoms with Crippen LogP contribution in [0, 0.1) is 0 Å². The molecule has 21 heavy (non-hydrogen) atoms. The number of hydrogen-bond donors (Lipinski definition) is 2. The average Bonchev–Trinajstić information content (AvgIpc) is 2.52. The second-order valence-electron chi connectivity index (χ2n) is 4.13. The van der Waals surface area contributed by atoms with Crippen molar-refractivity contribution >= 4 is 17.5 Å². The highest BCUT2D eigenvalue weighted by atomic mass is 35.5. The van der Waals surface area contributed by atoms with Crippen LogP contribution in [0.1, 0.15) is 18.9 Å². The van der Waals surface area contributed by atoms with E-state index in [1.807, 2.05) is 19.1 Å². The van der Waals surface area contributed by atoms with Crippen molar-refractivity contribution in [3.63, 3.8) is 0 Å². The van der Waals surface area contributed by atoms with E-state index in [0.29, 0.717) is 18.2 Å². The molecule has 8 heteroatoms. The molecule has 0 saturated carbocycles. The standard InChI is InChI=1S/C13H16ClN5O2/c1-2-7-20-12-16-11(19-15)17-13(18-12)21-8-9-3-5-10(14)6-4-9/h3-6H,2,7-8,15H2,1H3,(H,16,17,18,19). The molecule has 1 aromatic heterocycles. The van der Waals surface area contributed by atoms with Crippen LogP contribution in [0.4, 0.5) is 5.95 Å². The Labute approximate surface area is 127 Å². The number of nitrogens with one attached hydrogen (secondary N) is 1. The molecule has 0 fully saturated rings. The van der Waals surface area contributed by atoms with Crippen LogP contribution in [-0.4, -0.2) is 21.6 Å². The van der Waals surface area contributed by atoms with Crippen LogP contribution in [-0.2, 0) is 6.61 Å². The molecular weight excluding hydrogens is 294 g/mol. The first-order chi connectivity index (χ1) is 10.2. The molecule has 1 aromatic carbocycles. The first-order valence-electron chi connectivity index (χ1n) is 6.44. The van der Waals surface area contributed by atoms with Crippen molar-refractivity contribution in [2.45, 2.75) is 20.0 Å². The summed E-state index contributed by atoms with van der Waals surface area (Å²) in [5.74, 6) is 5.49. The maximum absolute atomic E-state index is 5.83. The molecule has 0 unspecified atom stereocenters. The van der Waals surface area contributed by atoms with Gasteiger partial charge >= 0.3 is 12.0 Å². The summed E-state index contributed by atoms with van der Waals surface area (Å²) in [6, 6.07) is 7.61. The number of hydrogen-bond acceptors (Lipinski definition) is 7. The Morgan fingerprint density at radius 1 is 1.10 bits per heavy atom. The van der Waals surface area contributed by atoms with Crippen LogP contribution in [0.2, 0.25) is 5.02 Å². The van der Waals surface area contributed by atoms with Crippen molar-refractivity contribution in [2.75, 3.05) is 12.0 Å². The van der Waals surface area contributed by atoms with Gasteiger partial charge in [0, 0.05) is 5.02 Å². The molecule has 0 amide bonds. The van der Waals surface area contributed by atoms with Crippen LogP contribution in [0.3, 0.4) is 0 Å². The van der Waals surface area contributed by atoms with Gasteiger partial charge < -0.3 is 9.47 Å². The lowest BCUT2D eigenvalue weighted by molar-refractivity contribution is 0.256. The fourth-order valence-corrected chi connectivity index (χ4v) is 1.58. The Morgan fingerprint density at radius 3 is 2.38 bits per heavy atom. The Bertz CT molecular complexity index is 579. The largest absolute Gasteiger partial charge is 0.463 e. The third-order valence-electron chi connectivity index (χ3n) is 2.44. The molecule has 0 atom stereocenters. The van der Waals surface area contributed by atoms with Gasteiger partial charge in [-0.05, 0) is 24.1 Å². The van der Waals surface area contributed by atoms with Gasteiger partial charge in [-0.25, -0.2) is 5.84 Å². The molecule has 0 aliphatic rings. The summed E-state index contributed by atoms with van der Waals surface area (Å²) in [6.45, 7) is 2.80. The highest BCUT2D eigenvalue weighted by molar-refractivity contribution is 6.30. The summed E-state index contributed by atoms with van der Waals surface area (Å²) in [6.07, 6.45) is 0.845. The molecule has 7 nitrogen and oxygen atoms in total. The quantitative estimate of drug-likeness (QED) is 0.598. The summed E-state index contributed by atoms with van der Waals surface area (Å²) in [7, 11) is 0. The third-order valence-corrected chi connectivity index (χ3v) is 2.69. The highest BCUT2D eigenvalue weighted by Gasteiger charge is 2.08. The first kappa shape index (κ1) is 15.3. The molecule has 2 rings (SSSR count). The van der Waals surface area contributed by atoms with E-state index in [2.05, 4.69) is 20.4 Å². The molecule has 0 radical (unpaired) electrons. The van der Waals surface area contributed by atoms with Gasteiger partial charge in [-0.15, -0.1) is 4.98 Å². The monoisotopic (exact) mass is 309 g/mol. The first-order valence-corrected chi connectivity index (χ1v) is 6.81. The van der Waals surface area contributed by atoms with Gasteiger partial charge in [-0.1, -0.05) is 30.7 Å². The van der Waals surface area contributed by atoms with Crippen molar-refractivity contribution in [1.29, 1.82) is 0 Å². The van der Waals surface area contributed by atoms with Crippen molar-refractivity contribution in [3.05, 3.63) is 34.9 Å². The van der Waals surface area contributed by atoms with Gasteiger partial charge in [0.2, 0.25) is 5.95 Å². The lowest BCUT2D eigenvalue weighted by Gasteiger charge is -2.08. The minimum Gasteiger partial charge on any atom is -0.463 e. The second-order valence-corrected chi connectivity index (χ2v) is 4.57. The minimum atomic E-state index is 0.138. The zero-order valence-electron chi connectivity index (χ0n) is 11.5. The lowest BCUT2D eigenvalue weighted by atomic mass is 10.2. The summed E-state index contributed by atoms with van der Waals surface area (Å²) in [4.78, 5) is 12.0. The predicted molar refractivity (Wildman–Crippen MR) is 79.2 cm³/mol. The lowest BCUT2D eigenvalue weighted by Crippen LogP contribution is -2.13. The molecule has 3 N–H and O–H groups in total. The number of ether oxygens (including phenoxy) is 2. The number of aromatic nitrogens is 3. The topological polar surface area (TPSA) is 95.2 Å². The number of anilines is 1. The molecule has 0 spiro atoms. The Hall–Kier alpha value is -2.12. The van der Waals surface area contributed by atoms with E-state index < -0.39 is 0 Å². The smallest absolute Gasteiger partial charge is 0.324 e. The highest BCUT2D eigenvalue weighted by Crippen LogP contribution is 2.15. The van der Waals surface area contributed by atoms with Crippen LogP contribution in [0.15, 0.2) is 24.3 Å². The number of nitrogen functional groups attached to an aromatic ring is 1. The number of halogens is 1. The molecule has 0 aliphatic heterocycles. The van der Waals surface area contributed by atoms with E-state index in [-0.39, 0.29) is 18.0 Å². The van der Waals surface area contributed by atoms with E-state index in [1.54, 1.807) is 12.1 Å². The average molecular weight is 310 g/mol. The van der Waals surface area contributed by atoms with Gasteiger partial charge in [0.15, 0.2) is 0 Å². The molecule has 0 aliphatic carbocycles. The molecule has 112 valence electrons. The maximum atomic E-state index is 5.83. The molecular formula is C13H16ClN5O2. The van der Waals surface area contributed by atoms with Crippen LogP contribution in [0.5, 0.6) is 12.0 Å². The Morgan fingerprint density at radius 2 is 1.76 bits per heavy atom. The van der Waals surface area contributed by atoms with Crippen molar-refractivity contribution in [1.82, 2.24) is 15.0 Å². The van der Waals surface area contributed by atoms with E-state index in [9.17, 15) is 0 Å². The third kappa shape index (κ3) is 4.73. The zero-order valence-corrected chi connectivity index (χ0v) is 12.3. The predicted octanol–water partition coefficient (Wildman–Crippen LogP) is 2.18. The SMILES string of the molecule is CCCOc1nc(NN)nc(OCc2ccc(Cl)cc2)n1. The van der Waals surface area contributed by atoms with Crippen LogP contribution < -0.4 is 20.7 Å². The minimum absolute atomic E-state index is 0.138.